The molecule has 18 heavy (non-hydrogen) atoms. The highest BCUT2D eigenvalue weighted by atomic mass is 32.1. The van der Waals surface area contributed by atoms with E-state index < -0.39 is 0 Å². The summed E-state index contributed by atoms with van der Waals surface area (Å²) in [5.74, 6) is -0.235. The predicted octanol–water partition coefficient (Wildman–Crippen LogP) is 1.13. The molecule has 1 aliphatic heterocycles. The maximum atomic E-state index is 11.5. The minimum atomic E-state index is -0.235. The topological polar surface area (TPSA) is 58.4 Å². The molecule has 5 heteroatoms. The van der Waals surface area contributed by atoms with E-state index in [0.717, 1.165) is 19.5 Å². The number of nitrogens with zero attached hydrogens (tertiary/aromatic N) is 1. The second kappa shape index (κ2) is 5.82. The van der Waals surface area contributed by atoms with Crippen LogP contribution in [0, 0.1) is 0 Å². The van der Waals surface area contributed by atoms with Crippen LogP contribution in [0.5, 0.6) is 0 Å². The van der Waals surface area contributed by atoms with E-state index in [2.05, 4.69) is 36.2 Å². The monoisotopic (exact) mass is 267 g/mol. The molecule has 0 radical (unpaired) electrons. The summed E-state index contributed by atoms with van der Waals surface area (Å²) in [6.45, 7) is 6.77. The predicted molar refractivity (Wildman–Crippen MR) is 74.7 cm³/mol. The fourth-order valence-corrected chi connectivity index (χ4v) is 3.45. The fraction of sp³-hybridized carbons (Fsp3) is 0.615. The van der Waals surface area contributed by atoms with Crippen molar-refractivity contribution in [1.82, 2.24) is 10.2 Å². The van der Waals surface area contributed by atoms with Gasteiger partial charge in [0.25, 0.3) is 0 Å². The summed E-state index contributed by atoms with van der Waals surface area (Å²) in [6, 6.07) is 4.42. The van der Waals surface area contributed by atoms with Crippen molar-refractivity contribution < 1.29 is 4.79 Å². The first kappa shape index (κ1) is 13.5. The van der Waals surface area contributed by atoms with Gasteiger partial charge in [0.2, 0.25) is 5.91 Å². The van der Waals surface area contributed by atoms with Crippen molar-refractivity contribution in [2.75, 3.05) is 19.6 Å². The van der Waals surface area contributed by atoms with Gasteiger partial charge in [0.05, 0.1) is 0 Å². The molecule has 2 heterocycles. The molecule has 0 aliphatic carbocycles. The Labute approximate surface area is 112 Å². The zero-order valence-electron chi connectivity index (χ0n) is 11.0. The molecule has 4 nitrogen and oxygen atoms in total. The smallest absolute Gasteiger partial charge is 0.236 e. The van der Waals surface area contributed by atoms with Crippen LogP contribution >= 0.6 is 11.3 Å². The van der Waals surface area contributed by atoms with Crippen LogP contribution in [0.1, 0.15) is 29.6 Å². The first-order valence-corrected chi connectivity index (χ1v) is 7.29. The van der Waals surface area contributed by atoms with Crippen LogP contribution in [0.25, 0.3) is 0 Å². The van der Waals surface area contributed by atoms with Crippen molar-refractivity contribution in [1.29, 1.82) is 0 Å². The van der Waals surface area contributed by atoms with E-state index in [0.29, 0.717) is 6.54 Å². The van der Waals surface area contributed by atoms with Crippen molar-refractivity contribution in [3.63, 3.8) is 0 Å². The van der Waals surface area contributed by atoms with Gasteiger partial charge in [-0.1, -0.05) is 6.92 Å². The first-order valence-electron chi connectivity index (χ1n) is 6.48. The molecule has 100 valence electrons. The molecule has 2 atom stereocenters. The van der Waals surface area contributed by atoms with Crippen LogP contribution in [0.2, 0.25) is 0 Å². The third-order valence-corrected chi connectivity index (χ3v) is 4.95. The van der Waals surface area contributed by atoms with Gasteiger partial charge in [0.1, 0.15) is 6.04 Å². The molecule has 0 bridgehead atoms. The number of amides is 1. The number of primary amides is 1. The number of hydrogen-bond donors (Lipinski definition) is 2. The minimum absolute atomic E-state index is 0.194. The molecule has 1 saturated heterocycles. The number of rotatable bonds is 4. The lowest BCUT2D eigenvalue weighted by Gasteiger charge is -2.38. The number of nitrogens with one attached hydrogen (secondary N) is 1. The van der Waals surface area contributed by atoms with E-state index in [1.807, 2.05) is 11.3 Å². The molecular weight excluding hydrogens is 246 g/mol. The standard InChI is InChI=1S/C13H21N3OS/c1-3-10-4-5-12(18-10)9(2)16-7-6-15-8-11(16)13(14)17/h4-5,9,11,15H,3,6-8H2,1-2H3,(H2,14,17). The van der Waals surface area contributed by atoms with Crippen LogP contribution in [0.4, 0.5) is 0 Å². The number of hydrogen-bond acceptors (Lipinski definition) is 4. The average molecular weight is 267 g/mol. The Morgan fingerprint density at radius 2 is 2.44 bits per heavy atom. The largest absolute Gasteiger partial charge is 0.368 e. The molecule has 0 aromatic carbocycles. The highest BCUT2D eigenvalue weighted by molar-refractivity contribution is 7.12. The molecule has 1 aromatic heterocycles. The third-order valence-electron chi connectivity index (χ3n) is 3.55. The average Bonchev–Trinajstić information content (AvgIpc) is 2.86. The maximum Gasteiger partial charge on any atom is 0.236 e. The highest BCUT2D eigenvalue weighted by Crippen LogP contribution is 2.29. The van der Waals surface area contributed by atoms with Gasteiger partial charge in [-0.05, 0) is 25.5 Å². The minimum Gasteiger partial charge on any atom is -0.368 e. The van der Waals surface area contributed by atoms with Crippen molar-refractivity contribution in [2.24, 2.45) is 5.73 Å². The molecule has 3 N–H and O–H groups in total. The molecule has 1 aromatic rings. The van der Waals surface area contributed by atoms with Crippen molar-refractivity contribution in [3.05, 3.63) is 21.9 Å². The van der Waals surface area contributed by atoms with Crippen LogP contribution in [-0.4, -0.2) is 36.5 Å². The van der Waals surface area contributed by atoms with Gasteiger partial charge in [-0.2, -0.15) is 0 Å². The van der Waals surface area contributed by atoms with E-state index in [9.17, 15) is 4.79 Å². The molecular formula is C13H21N3OS. The number of piperazine rings is 1. The van der Waals surface area contributed by atoms with Gasteiger partial charge < -0.3 is 11.1 Å². The molecule has 1 aliphatic rings. The summed E-state index contributed by atoms with van der Waals surface area (Å²) in [5.41, 5.74) is 5.49. The Morgan fingerprint density at radius 1 is 1.67 bits per heavy atom. The normalized spacial score (nSPS) is 22.9. The number of thiophene rings is 1. The van der Waals surface area contributed by atoms with E-state index in [4.69, 9.17) is 5.73 Å². The van der Waals surface area contributed by atoms with Crippen LogP contribution in [0.3, 0.4) is 0 Å². The zero-order valence-corrected chi connectivity index (χ0v) is 11.8. The van der Waals surface area contributed by atoms with Crippen molar-refractivity contribution in [3.8, 4) is 0 Å². The Morgan fingerprint density at radius 3 is 3.06 bits per heavy atom. The Hall–Kier alpha value is -0.910. The molecule has 2 unspecified atom stereocenters. The molecule has 2 rings (SSSR count). The summed E-state index contributed by atoms with van der Waals surface area (Å²) < 4.78 is 0. The summed E-state index contributed by atoms with van der Waals surface area (Å²) in [4.78, 5) is 16.4. The Bertz CT molecular complexity index is 418. The molecule has 0 saturated carbocycles. The van der Waals surface area contributed by atoms with Gasteiger partial charge in [-0.15, -0.1) is 11.3 Å². The summed E-state index contributed by atoms with van der Waals surface area (Å²) >= 11 is 1.83. The third kappa shape index (κ3) is 2.74. The van der Waals surface area contributed by atoms with E-state index in [1.54, 1.807) is 0 Å². The van der Waals surface area contributed by atoms with E-state index >= 15 is 0 Å². The number of carbonyl (C=O) groups excluding carboxylic acids is 1. The van der Waals surface area contributed by atoms with Gasteiger partial charge in [0.15, 0.2) is 0 Å². The van der Waals surface area contributed by atoms with Crippen LogP contribution in [-0.2, 0) is 11.2 Å². The lowest BCUT2D eigenvalue weighted by atomic mass is 10.1. The maximum absolute atomic E-state index is 11.5. The van der Waals surface area contributed by atoms with Gasteiger partial charge >= 0.3 is 0 Å². The highest BCUT2D eigenvalue weighted by Gasteiger charge is 2.31. The Kier molecular flexibility index (Phi) is 4.37. The van der Waals surface area contributed by atoms with Crippen molar-refractivity contribution in [2.45, 2.75) is 32.4 Å². The van der Waals surface area contributed by atoms with E-state index in [-0.39, 0.29) is 18.0 Å². The molecule has 0 spiro atoms. The number of carbonyl (C=O) groups is 1. The van der Waals surface area contributed by atoms with Crippen LogP contribution in [0.15, 0.2) is 12.1 Å². The van der Waals surface area contributed by atoms with Crippen LogP contribution < -0.4 is 11.1 Å². The van der Waals surface area contributed by atoms with Gasteiger partial charge in [0, 0.05) is 35.4 Å². The Balaban J connectivity index is 2.14. The molecule has 1 fully saturated rings. The van der Waals surface area contributed by atoms with E-state index in [1.165, 1.54) is 9.75 Å². The zero-order chi connectivity index (χ0) is 13.1. The lowest BCUT2D eigenvalue weighted by Crippen LogP contribution is -2.57. The fourth-order valence-electron chi connectivity index (χ4n) is 2.42. The van der Waals surface area contributed by atoms with Crippen molar-refractivity contribution >= 4 is 17.2 Å². The number of aryl methyl sites for hydroxylation is 1. The SMILES string of the molecule is CCc1ccc(C(C)N2CCNCC2C(N)=O)s1. The lowest BCUT2D eigenvalue weighted by molar-refractivity contribution is -0.124. The second-order valence-corrected chi connectivity index (χ2v) is 5.89. The second-order valence-electron chi connectivity index (χ2n) is 4.69. The molecule has 1 amide bonds. The summed E-state index contributed by atoms with van der Waals surface area (Å²) in [6.07, 6.45) is 1.07. The van der Waals surface area contributed by atoms with Gasteiger partial charge in [-0.3, -0.25) is 9.69 Å². The summed E-state index contributed by atoms with van der Waals surface area (Å²) in [5, 5.41) is 3.23. The van der Waals surface area contributed by atoms with Gasteiger partial charge in [-0.25, -0.2) is 0 Å². The first-order chi connectivity index (χ1) is 8.63. The summed E-state index contributed by atoms with van der Waals surface area (Å²) in [7, 11) is 0. The number of nitrogens with two attached hydrogens (primary N) is 1. The quantitative estimate of drug-likeness (QED) is 0.860.